The van der Waals surface area contributed by atoms with Crippen molar-refractivity contribution in [2.75, 3.05) is 40.3 Å². The zero-order valence-electron chi connectivity index (χ0n) is 14.8. The molecule has 2 aliphatic rings. The molecule has 2 fully saturated rings. The van der Waals surface area contributed by atoms with Crippen LogP contribution in [0, 0.1) is 0 Å². The summed E-state index contributed by atoms with van der Waals surface area (Å²) in [4.78, 5) is 16.9. The smallest absolute Gasteiger partial charge is 0.249 e. The number of piperazine rings is 1. The lowest BCUT2D eigenvalue weighted by atomic mass is 9.79. The third kappa shape index (κ3) is 3.57. The van der Waals surface area contributed by atoms with Gasteiger partial charge in [0.15, 0.2) is 0 Å². The van der Waals surface area contributed by atoms with Gasteiger partial charge < -0.3 is 15.4 Å². The minimum atomic E-state index is -0.356. The van der Waals surface area contributed by atoms with Crippen molar-refractivity contribution in [3.05, 3.63) is 29.3 Å². The molecule has 0 spiro atoms. The van der Waals surface area contributed by atoms with Gasteiger partial charge in [-0.1, -0.05) is 6.07 Å². The van der Waals surface area contributed by atoms with Gasteiger partial charge in [0, 0.05) is 43.3 Å². The molecule has 0 radical (unpaired) electrons. The average molecular weight is 331 g/mol. The number of benzene rings is 1. The molecule has 24 heavy (non-hydrogen) atoms. The number of hydrogen-bond acceptors (Lipinski definition) is 4. The van der Waals surface area contributed by atoms with Crippen molar-refractivity contribution in [1.29, 1.82) is 0 Å². The Labute approximate surface area is 144 Å². The highest BCUT2D eigenvalue weighted by Gasteiger charge is 2.31. The van der Waals surface area contributed by atoms with Gasteiger partial charge >= 0.3 is 0 Å². The first-order valence-electron chi connectivity index (χ1n) is 8.99. The van der Waals surface area contributed by atoms with Gasteiger partial charge in [0.2, 0.25) is 5.91 Å². The predicted molar refractivity (Wildman–Crippen MR) is 95.6 cm³/mol. The first-order valence-corrected chi connectivity index (χ1v) is 8.99. The Morgan fingerprint density at radius 1 is 1.12 bits per heavy atom. The second-order valence-electron chi connectivity index (χ2n) is 7.13. The van der Waals surface area contributed by atoms with Gasteiger partial charge in [-0.3, -0.25) is 9.69 Å². The van der Waals surface area contributed by atoms with Crippen molar-refractivity contribution in [2.45, 2.75) is 37.6 Å². The van der Waals surface area contributed by atoms with E-state index < -0.39 is 0 Å². The van der Waals surface area contributed by atoms with Gasteiger partial charge in [-0.05, 0) is 50.8 Å². The number of nitrogens with zero attached hydrogens (tertiary/aromatic N) is 2. The number of primary amides is 1. The average Bonchev–Trinajstić information content (AvgIpc) is 2.62. The van der Waals surface area contributed by atoms with Crippen molar-refractivity contribution in [3.63, 3.8) is 0 Å². The summed E-state index contributed by atoms with van der Waals surface area (Å²) in [6.45, 7) is 4.68. The van der Waals surface area contributed by atoms with Gasteiger partial charge in [-0.25, -0.2) is 0 Å². The summed E-state index contributed by atoms with van der Waals surface area (Å²) in [5, 5.41) is 0. The van der Waals surface area contributed by atoms with E-state index in [1.165, 1.54) is 25.9 Å². The first kappa shape index (κ1) is 17.2. The van der Waals surface area contributed by atoms with E-state index in [1.54, 1.807) is 7.11 Å². The Kier molecular flexibility index (Phi) is 5.41. The van der Waals surface area contributed by atoms with Gasteiger partial charge in [0.1, 0.15) is 5.75 Å². The number of hydrogen-bond donors (Lipinski definition) is 1. The molecule has 1 aromatic rings. The van der Waals surface area contributed by atoms with Crippen LogP contribution in [0.2, 0.25) is 0 Å². The minimum Gasteiger partial charge on any atom is -0.496 e. The van der Waals surface area contributed by atoms with Crippen molar-refractivity contribution >= 4 is 5.91 Å². The monoisotopic (exact) mass is 331 g/mol. The van der Waals surface area contributed by atoms with E-state index in [9.17, 15) is 4.79 Å². The molecule has 5 heteroatoms. The van der Waals surface area contributed by atoms with Gasteiger partial charge in [-0.15, -0.1) is 0 Å². The first-order chi connectivity index (χ1) is 11.6. The zero-order chi connectivity index (χ0) is 17.1. The lowest BCUT2D eigenvalue weighted by Gasteiger charge is -2.41. The molecular formula is C19H29N3O2. The Morgan fingerprint density at radius 3 is 2.38 bits per heavy atom. The molecule has 0 unspecified atom stereocenters. The van der Waals surface area contributed by atoms with Crippen LogP contribution in [0.3, 0.4) is 0 Å². The summed E-state index contributed by atoms with van der Waals surface area (Å²) in [5.74, 6) is 0.812. The molecule has 1 aliphatic carbocycles. The van der Waals surface area contributed by atoms with Crippen LogP contribution >= 0.6 is 0 Å². The second kappa shape index (κ2) is 7.53. The van der Waals surface area contributed by atoms with Gasteiger partial charge in [0.05, 0.1) is 7.11 Å². The molecule has 1 saturated heterocycles. The maximum absolute atomic E-state index is 11.8. The number of ether oxygens (including phenoxy) is 1. The number of rotatable bonds is 4. The van der Waals surface area contributed by atoms with Crippen LogP contribution in [-0.2, 0) is 0 Å². The summed E-state index contributed by atoms with van der Waals surface area (Å²) in [7, 11) is 3.86. The van der Waals surface area contributed by atoms with Crippen LogP contribution in [0.4, 0.5) is 0 Å². The van der Waals surface area contributed by atoms with Crippen molar-refractivity contribution in [1.82, 2.24) is 9.80 Å². The highest BCUT2D eigenvalue weighted by Crippen LogP contribution is 2.40. The van der Waals surface area contributed by atoms with E-state index in [1.807, 2.05) is 18.2 Å². The fraction of sp³-hybridized carbons (Fsp3) is 0.632. The van der Waals surface area contributed by atoms with Gasteiger partial charge in [0.25, 0.3) is 0 Å². The van der Waals surface area contributed by atoms with E-state index in [2.05, 4.69) is 16.8 Å². The summed E-state index contributed by atoms with van der Waals surface area (Å²) >= 11 is 0. The summed E-state index contributed by atoms with van der Waals surface area (Å²) in [6.07, 6.45) is 4.56. The number of likely N-dealkylation sites (N-methyl/N-ethyl adjacent to an activating group) is 1. The van der Waals surface area contributed by atoms with Crippen molar-refractivity contribution < 1.29 is 9.53 Å². The molecule has 2 N–H and O–H groups in total. The minimum absolute atomic E-state index is 0.356. The number of amides is 1. The molecule has 5 nitrogen and oxygen atoms in total. The SMILES string of the molecule is COc1cccc(C(N)=O)c1C1CCC(N2CCN(C)CC2)CC1. The van der Waals surface area contributed by atoms with E-state index in [4.69, 9.17) is 10.5 Å². The lowest BCUT2D eigenvalue weighted by molar-refractivity contribution is 0.0874. The molecule has 1 aliphatic heterocycles. The Bertz CT molecular complexity index is 574. The van der Waals surface area contributed by atoms with Crippen LogP contribution in [0.5, 0.6) is 5.75 Å². The molecule has 1 aromatic carbocycles. The van der Waals surface area contributed by atoms with Crippen molar-refractivity contribution in [3.8, 4) is 5.75 Å². The second-order valence-corrected chi connectivity index (χ2v) is 7.13. The molecule has 0 aromatic heterocycles. The summed E-state index contributed by atoms with van der Waals surface area (Å²) in [5.41, 5.74) is 7.24. The van der Waals surface area contributed by atoms with Crippen LogP contribution in [0.15, 0.2) is 18.2 Å². The fourth-order valence-electron chi connectivity index (χ4n) is 4.27. The Morgan fingerprint density at radius 2 is 1.79 bits per heavy atom. The Hall–Kier alpha value is -1.59. The molecular weight excluding hydrogens is 302 g/mol. The normalized spacial score (nSPS) is 26.2. The molecule has 1 saturated carbocycles. The van der Waals surface area contributed by atoms with Gasteiger partial charge in [-0.2, -0.15) is 0 Å². The molecule has 0 atom stereocenters. The maximum Gasteiger partial charge on any atom is 0.249 e. The van der Waals surface area contributed by atoms with Crippen LogP contribution < -0.4 is 10.5 Å². The number of methoxy groups -OCH3 is 1. The summed E-state index contributed by atoms with van der Waals surface area (Å²) < 4.78 is 5.52. The third-order valence-electron chi connectivity index (χ3n) is 5.71. The molecule has 1 heterocycles. The van der Waals surface area contributed by atoms with Crippen molar-refractivity contribution in [2.24, 2.45) is 5.73 Å². The van der Waals surface area contributed by atoms with E-state index in [-0.39, 0.29) is 5.91 Å². The Balaban J connectivity index is 1.70. The fourth-order valence-corrected chi connectivity index (χ4v) is 4.27. The van der Waals surface area contributed by atoms with Crippen LogP contribution in [0.25, 0.3) is 0 Å². The van der Waals surface area contributed by atoms with E-state index >= 15 is 0 Å². The predicted octanol–water partition coefficient (Wildman–Crippen LogP) is 2.07. The highest BCUT2D eigenvalue weighted by atomic mass is 16.5. The molecule has 0 bridgehead atoms. The summed E-state index contributed by atoms with van der Waals surface area (Å²) in [6, 6.07) is 6.29. The standard InChI is InChI=1S/C19H29N3O2/c1-21-10-12-22(13-11-21)15-8-6-14(7-9-15)18-16(19(20)23)4-3-5-17(18)24-2/h3-5,14-15H,6-13H2,1-2H3,(H2,20,23). The number of carbonyl (C=O) groups excluding carboxylic acids is 1. The maximum atomic E-state index is 11.8. The largest absolute Gasteiger partial charge is 0.496 e. The zero-order valence-corrected chi connectivity index (χ0v) is 14.8. The molecule has 132 valence electrons. The molecule has 3 rings (SSSR count). The van der Waals surface area contributed by atoms with Crippen LogP contribution in [-0.4, -0.2) is 62.1 Å². The molecule has 1 amide bonds. The quantitative estimate of drug-likeness (QED) is 0.917. The number of carbonyl (C=O) groups is 1. The van der Waals surface area contributed by atoms with Crippen LogP contribution in [0.1, 0.15) is 47.5 Å². The van der Waals surface area contributed by atoms with E-state index in [0.29, 0.717) is 17.5 Å². The third-order valence-corrected chi connectivity index (χ3v) is 5.71. The topological polar surface area (TPSA) is 58.8 Å². The number of nitrogens with two attached hydrogens (primary N) is 1. The van der Waals surface area contributed by atoms with E-state index in [0.717, 1.165) is 37.2 Å². The lowest BCUT2D eigenvalue weighted by Crippen LogP contribution is -2.49. The highest BCUT2D eigenvalue weighted by molar-refractivity contribution is 5.95.